The van der Waals surface area contributed by atoms with E-state index >= 15 is 0 Å². The van der Waals surface area contributed by atoms with Gasteiger partial charge in [0.15, 0.2) is 5.79 Å². The molecule has 4 aliphatic heterocycles. The van der Waals surface area contributed by atoms with E-state index in [1.165, 1.54) is 11.2 Å². The fourth-order valence-corrected chi connectivity index (χ4v) is 7.26. The number of hydrogen-bond donors (Lipinski definition) is 0. The van der Waals surface area contributed by atoms with Crippen molar-refractivity contribution in [2.45, 2.75) is 56.1 Å². The molecule has 9 nitrogen and oxygen atoms in total. The van der Waals surface area contributed by atoms with Crippen molar-refractivity contribution in [3.8, 4) is 0 Å². The van der Waals surface area contributed by atoms with Crippen LogP contribution < -0.4 is 4.90 Å². The molecule has 5 rings (SSSR count). The van der Waals surface area contributed by atoms with Crippen LogP contribution in [-0.2, 0) is 35.5 Å². The average molecular weight is 492 g/mol. The molecular weight excluding hydrogens is 458 g/mol. The summed E-state index contributed by atoms with van der Waals surface area (Å²) in [7, 11) is -3.73. The zero-order chi connectivity index (χ0) is 23.9. The summed E-state index contributed by atoms with van der Waals surface area (Å²) in [6.07, 6.45) is 4.21. The van der Waals surface area contributed by atoms with Crippen LogP contribution in [0.2, 0.25) is 0 Å². The molecule has 4 aliphatic rings. The van der Waals surface area contributed by atoms with Crippen molar-refractivity contribution in [3.05, 3.63) is 23.8 Å². The first-order valence-electron chi connectivity index (χ1n) is 12.3. The summed E-state index contributed by atoms with van der Waals surface area (Å²) in [6, 6.07) is 5.04. The molecule has 10 heteroatoms. The summed E-state index contributed by atoms with van der Waals surface area (Å²) in [6.45, 7) is 5.12. The number of amides is 2. The Balaban J connectivity index is 1.28. The van der Waals surface area contributed by atoms with Crippen molar-refractivity contribution in [3.63, 3.8) is 0 Å². The lowest BCUT2D eigenvalue weighted by Crippen LogP contribution is -2.51. The maximum Gasteiger partial charge on any atom is 0.243 e. The van der Waals surface area contributed by atoms with E-state index in [2.05, 4.69) is 0 Å². The Morgan fingerprint density at radius 2 is 1.76 bits per heavy atom. The summed E-state index contributed by atoms with van der Waals surface area (Å²) < 4.78 is 40.0. The van der Waals surface area contributed by atoms with Crippen LogP contribution in [0.5, 0.6) is 0 Å². The van der Waals surface area contributed by atoms with E-state index in [9.17, 15) is 18.0 Å². The van der Waals surface area contributed by atoms with Gasteiger partial charge in [0.1, 0.15) is 0 Å². The van der Waals surface area contributed by atoms with Gasteiger partial charge in [-0.3, -0.25) is 9.59 Å². The van der Waals surface area contributed by atoms with Crippen molar-refractivity contribution >= 4 is 27.5 Å². The van der Waals surface area contributed by atoms with E-state index in [0.717, 1.165) is 24.1 Å². The predicted octanol–water partition coefficient (Wildman–Crippen LogP) is 1.75. The Labute approximate surface area is 201 Å². The van der Waals surface area contributed by atoms with Crippen molar-refractivity contribution in [2.75, 3.05) is 50.8 Å². The van der Waals surface area contributed by atoms with Crippen LogP contribution in [0.15, 0.2) is 23.1 Å². The number of anilines is 1. The first-order chi connectivity index (χ1) is 16.3. The third-order valence-electron chi connectivity index (χ3n) is 7.57. The molecule has 3 fully saturated rings. The quantitative estimate of drug-likeness (QED) is 0.639. The number of piperidine rings is 2. The Bertz CT molecular complexity index is 1060. The Morgan fingerprint density at radius 1 is 1.03 bits per heavy atom. The molecule has 1 spiro atoms. The van der Waals surface area contributed by atoms with Crippen LogP contribution in [-0.4, -0.2) is 81.2 Å². The fraction of sp³-hybridized carbons (Fsp3) is 0.667. The highest BCUT2D eigenvalue weighted by Crippen LogP contribution is 2.34. The van der Waals surface area contributed by atoms with Crippen molar-refractivity contribution in [1.82, 2.24) is 9.21 Å². The number of rotatable bonds is 3. The van der Waals surface area contributed by atoms with Crippen LogP contribution in [0.3, 0.4) is 0 Å². The van der Waals surface area contributed by atoms with Crippen LogP contribution >= 0.6 is 0 Å². The largest absolute Gasteiger partial charge is 0.347 e. The van der Waals surface area contributed by atoms with E-state index in [4.69, 9.17) is 9.47 Å². The SMILES string of the molecule is CC(=O)N1CCCc2cc(S(=O)(=O)N3CCC[C@@H](C(=O)N4CCC5(CC4)OCCO5)C3)ccc21. The lowest BCUT2D eigenvalue weighted by Gasteiger charge is -2.40. The van der Waals surface area contributed by atoms with Crippen molar-refractivity contribution in [2.24, 2.45) is 5.92 Å². The Kier molecular flexibility index (Phi) is 6.43. The second kappa shape index (κ2) is 9.22. The minimum absolute atomic E-state index is 0.0234. The van der Waals surface area contributed by atoms with Crippen LogP contribution in [0.25, 0.3) is 0 Å². The zero-order valence-corrected chi connectivity index (χ0v) is 20.5. The average Bonchev–Trinajstić information content (AvgIpc) is 3.31. The van der Waals surface area contributed by atoms with Crippen LogP contribution in [0, 0.1) is 5.92 Å². The van der Waals surface area contributed by atoms with Gasteiger partial charge in [0.05, 0.1) is 24.0 Å². The predicted molar refractivity (Wildman–Crippen MR) is 125 cm³/mol. The standard InChI is InChI=1S/C24H33N3O6S/c1-18(28)27-11-3-4-19-16-21(6-7-22(19)27)34(30,31)26-10-2-5-20(17-26)23(29)25-12-8-24(9-13-25)32-14-15-33-24/h6-7,16,20H,2-5,8-15,17H2,1H3/t20-/m1/s1. The number of sulfonamides is 1. The first kappa shape index (κ1) is 23.7. The summed E-state index contributed by atoms with van der Waals surface area (Å²) in [5.74, 6) is -0.892. The molecule has 3 saturated heterocycles. The van der Waals surface area contributed by atoms with Gasteiger partial charge in [-0.1, -0.05) is 0 Å². The van der Waals surface area contributed by atoms with E-state index in [1.807, 2.05) is 4.90 Å². The number of fused-ring (bicyclic) bond motifs is 1. The van der Waals surface area contributed by atoms with Gasteiger partial charge in [-0.25, -0.2) is 8.42 Å². The number of carbonyl (C=O) groups excluding carboxylic acids is 2. The summed E-state index contributed by atoms with van der Waals surface area (Å²) in [5.41, 5.74) is 1.67. The van der Waals surface area contributed by atoms with E-state index in [-0.39, 0.29) is 29.2 Å². The molecule has 2 amide bonds. The lowest BCUT2D eigenvalue weighted by molar-refractivity contribution is -0.188. The van der Waals surface area contributed by atoms with Gasteiger partial charge in [-0.15, -0.1) is 0 Å². The fourth-order valence-electron chi connectivity index (χ4n) is 5.68. The molecule has 4 heterocycles. The third-order valence-corrected chi connectivity index (χ3v) is 9.43. The van der Waals surface area contributed by atoms with Gasteiger partial charge < -0.3 is 19.3 Å². The summed E-state index contributed by atoms with van der Waals surface area (Å²) >= 11 is 0. The van der Waals surface area contributed by atoms with Gasteiger partial charge in [0.2, 0.25) is 21.8 Å². The normalized spacial score (nSPS) is 25.4. The highest BCUT2D eigenvalue weighted by atomic mass is 32.2. The minimum Gasteiger partial charge on any atom is -0.347 e. The molecule has 0 aromatic heterocycles. The van der Waals surface area contributed by atoms with Gasteiger partial charge in [-0.2, -0.15) is 4.31 Å². The molecular formula is C24H33N3O6S. The number of likely N-dealkylation sites (tertiary alicyclic amines) is 1. The molecule has 0 unspecified atom stereocenters. The van der Waals surface area contributed by atoms with Gasteiger partial charge in [-0.05, 0) is 49.4 Å². The van der Waals surface area contributed by atoms with Crippen molar-refractivity contribution < 1.29 is 27.5 Å². The molecule has 34 heavy (non-hydrogen) atoms. The molecule has 1 aromatic rings. The molecule has 1 aromatic carbocycles. The number of ether oxygens (including phenoxy) is 2. The topological polar surface area (TPSA) is 96.5 Å². The number of aryl methyl sites for hydroxylation is 1. The monoisotopic (exact) mass is 491 g/mol. The maximum atomic E-state index is 13.5. The van der Waals surface area contributed by atoms with Crippen LogP contribution in [0.1, 0.15) is 44.6 Å². The highest BCUT2D eigenvalue weighted by molar-refractivity contribution is 7.89. The van der Waals surface area contributed by atoms with Crippen LogP contribution in [0.4, 0.5) is 5.69 Å². The van der Waals surface area contributed by atoms with Gasteiger partial charge in [0.25, 0.3) is 0 Å². The lowest BCUT2D eigenvalue weighted by atomic mass is 9.96. The number of nitrogens with zero attached hydrogens (tertiary/aromatic N) is 3. The van der Waals surface area contributed by atoms with Gasteiger partial charge in [0, 0.05) is 58.2 Å². The zero-order valence-electron chi connectivity index (χ0n) is 19.7. The molecule has 0 N–H and O–H groups in total. The molecule has 0 radical (unpaired) electrons. The molecule has 0 bridgehead atoms. The number of benzene rings is 1. The second-order valence-electron chi connectivity index (χ2n) is 9.70. The van der Waals surface area contributed by atoms with E-state index in [0.29, 0.717) is 65.1 Å². The summed E-state index contributed by atoms with van der Waals surface area (Å²) in [5, 5.41) is 0. The third kappa shape index (κ3) is 4.36. The molecule has 0 saturated carbocycles. The maximum absolute atomic E-state index is 13.5. The second-order valence-corrected chi connectivity index (χ2v) is 11.6. The smallest absolute Gasteiger partial charge is 0.243 e. The molecule has 1 atom stereocenters. The summed E-state index contributed by atoms with van der Waals surface area (Å²) in [4.78, 5) is 29.0. The number of hydrogen-bond acceptors (Lipinski definition) is 6. The molecule has 186 valence electrons. The van der Waals surface area contributed by atoms with Gasteiger partial charge >= 0.3 is 0 Å². The minimum atomic E-state index is -3.73. The van der Waals surface area contributed by atoms with Crippen molar-refractivity contribution in [1.29, 1.82) is 0 Å². The Hall–Kier alpha value is -2.01. The highest BCUT2D eigenvalue weighted by Gasteiger charge is 2.43. The van der Waals surface area contributed by atoms with E-state index < -0.39 is 15.8 Å². The van der Waals surface area contributed by atoms with E-state index in [1.54, 1.807) is 23.1 Å². The first-order valence-corrected chi connectivity index (χ1v) is 13.7. The molecule has 0 aliphatic carbocycles. The Morgan fingerprint density at radius 3 is 2.47 bits per heavy atom. The number of carbonyl (C=O) groups is 2.